The maximum atomic E-state index is 12.8. The number of hydrogen-bond donors (Lipinski definition) is 0. The Balaban J connectivity index is 1.52. The van der Waals surface area contributed by atoms with E-state index >= 15 is 0 Å². The highest BCUT2D eigenvalue weighted by Gasteiger charge is 2.37. The number of nitrogens with zero attached hydrogens (tertiary/aromatic N) is 1. The van der Waals surface area contributed by atoms with Crippen LogP contribution in [0, 0.1) is 0 Å². The van der Waals surface area contributed by atoms with Crippen molar-refractivity contribution in [3.05, 3.63) is 46.7 Å². The van der Waals surface area contributed by atoms with Crippen LogP contribution in [-0.2, 0) is 4.79 Å². The third-order valence-corrected chi connectivity index (χ3v) is 4.95. The highest BCUT2D eigenvalue weighted by molar-refractivity contribution is 7.07. The summed E-state index contributed by atoms with van der Waals surface area (Å²) in [4.78, 5) is 14.8. The number of amides is 1. The van der Waals surface area contributed by atoms with E-state index in [-0.39, 0.29) is 18.6 Å². The van der Waals surface area contributed by atoms with Gasteiger partial charge in [-0.1, -0.05) is 12.1 Å². The molecule has 1 aromatic heterocycles. The van der Waals surface area contributed by atoms with E-state index in [0.717, 1.165) is 19.4 Å². The third kappa shape index (κ3) is 2.35. The summed E-state index contributed by atoms with van der Waals surface area (Å²) >= 11 is 1.67. The minimum Gasteiger partial charge on any atom is -0.485 e. The van der Waals surface area contributed by atoms with E-state index in [4.69, 9.17) is 9.47 Å². The van der Waals surface area contributed by atoms with Gasteiger partial charge in [0.15, 0.2) is 11.5 Å². The van der Waals surface area contributed by atoms with Crippen molar-refractivity contribution >= 4 is 17.2 Å². The Kier molecular flexibility index (Phi) is 3.50. The normalized spacial score (nSPS) is 23.5. The van der Waals surface area contributed by atoms with Gasteiger partial charge in [-0.05, 0) is 47.4 Å². The molecule has 4 nitrogen and oxygen atoms in total. The first kappa shape index (κ1) is 13.6. The molecule has 1 amide bonds. The van der Waals surface area contributed by atoms with E-state index in [1.807, 2.05) is 29.2 Å². The second kappa shape index (κ2) is 5.65. The molecule has 2 aromatic rings. The Morgan fingerprint density at radius 2 is 2.09 bits per heavy atom. The van der Waals surface area contributed by atoms with Crippen molar-refractivity contribution in [1.82, 2.24) is 4.90 Å². The van der Waals surface area contributed by atoms with Crippen LogP contribution in [0.1, 0.15) is 24.4 Å². The summed E-state index contributed by atoms with van der Waals surface area (Å²) in [5.74, 6) is 1.39. The number of para-hydroxylation sites is 2. The summed E-state index contributed by atoms with van der Waals surface area (Å²) < 4.78 is 11.5. The molecule has 0 radical (unpaired) electrons. The number of thiophene rings is 1. The molecule has 2 atom stereocenters. The molecule has 0 N–H and O–H groups in total. The van der Waals surface area contributed by atoms with Gasteiger partial charge in [-0.15, -0.1) is 0 Å². The second-order valence-corrected chi connectivity index (χ2v) is 6.39. The van der Waals surface area contributed by atoms with Gasteiger partial charge in [-0.25, -0.2) is 0 Å². The summed E-state index contributed by atoms with van der Waals surface area (Å²) in [7, 11) is 0. The van der Waals surface area contributed by atoms with Crippen molar-refractivity contribution in [2.45, 2.75) is 25.0 Å². The molecule has 0 saturated carbocycles. The zero-order valence-electron chi connectivity index (χ0n) is 12.1. The average Bonchev–Trinajstić information content (AvgIpc) is 3.24. The molecular formula is C17H17NO3S. The van der Waals surface area contributed by atoms with Crippen molar-refractivity contribution in [1.29, 1.82) is 0 Å². The Bertz CT molecular complexity index is 670. The van der Waals surface area contributed by atoms with Crippen molar-refractivity contribution in [2.75, 3.05) is 13.2 Å². The molecule has 2 aliphatic rings. The molecule has 0 aliphatic carbocycles. The molecule has 0 unspecified atom stereocenters. The van der Waals surface area contributed by atoms with Crippen LogP contribution in [0.25, 0.3) is 0 Å². The number of likely N-dealkylation sites (tertiary alicyclic amines) is 1. The number of hydrogen-bond acceptors (Lipinski definition) is 4. The number of carbonyl (C=O) groups is 1. The lowest BCUT2D eigenvalue weighted by atomic mass is 10.1. The van der Waals surface area contributed by atoms with Gasteiger partial charge in [0.1, 0.15) is 6.61 Å². The van der Waals surface area contributed by atoms with Crippen molar-refractivity contribution in [2.24, 2.45) is 0 Å². The van der Waals surface area contributed by atoms with Gasteiger partial charge in [-0.2, -0.15) is 11.3 Å². The monoisotopic (exact) mass is 315 g/mol. The van der Waals surface area contributed by atoms with E-state index in [1.165, 1.54) is 5.56 Å². The summed E-state index contributed by atoms with van der Waals surface area (Å²) in [6.45, 7) is 1.07. The zero-order chi connectivity index (χ0) is 14.9. The predicted molar refractivity (Wildman–Crippen MR) is 84.4 cm³/mol. The molecule has 5 heteroatoms. The number of rotatable bonds is 2. The molecule has 1 fully saturated rings. The highest BCUT2D eigenvalue weighted by Crippen LogP contribution is 2.36. The fraction of sp³-hybridized carbons (Fsp3) is 0.353. The summed E-state index contributed by atoms with van der Waals surface area (Å²) in [6, 6.07) is 9.78. The van der Waals surface area contributed by atoms with Crippen LogP contribution >= 0.6 is 11.3 Å². The third-order valence-electron chi connectivity index (χ3n) is 4.25. The quantitative estimate of drug-likeness (QED) is 0.854. The first-order valence-electron chi connectivity index (χ1n) is 7.54. The van der Waals surface area contributed by atoms with Crippen LogP contribution in [0.5, 0.6) is 11.5 Å². The molecule has 1 saturated heterocycles. The Labute approximate surface area is 133 Å². The largest absolute Gasteiger partial charge is 0.485 e. The van der Waals surface area contributed by atoms with Gasteiger partial charge in [0, 0.05) is 6.54 Å². The van der Waals surface area contributed by atoms with E-state index in [0.29, 0.717) is 11.5 Å². The lowest BCUT2D eigenvalue weighted by molar-refractivity contribution is -0.142. The minimum atomic E-state index is -0.547. The molecular weight excluding hydrogens is 298 g/mol. The lowest BCUT2D eigenvalue weighted by Crippen LogP contribution is -2.46. The van der Waals surface area contributed by atoms with Crippen LogP contribution < -0.4 is 9.47 Å². The summed E-state index contributed by atoms with van der Waals surface area (Å²) in [5.41, 5.74) is 1.23. The first-order chi connectivity index (χ1) is 10.8. The molecule has 4 rings (SSSR count). The smallest absolute Gasteiger partial charge is 0.267 e. The average molecular weight is 315 g/mol. The second-order valence-electron chi connectivity index (χ2n) is 5.61. The van der Waals surface area contributed by atoms with Crippen LogP contribution in [-0.4, -0.2) is 30.1 Å². The van der Waals surface area contributed by atoms with Crippen LogP contribution in [0.15, 0.2) is 41.1 Å². The molecule has 2 aliphatic heterocycles. The maximum Gasteiger partial charge on any atom is 0.267 e. The highest BCUT2D eigenvalue weighted by atomic mass is 32.1. The van der Waals surface area contributed by atoms with Gasteiger partial charge in [-0.3, -0.25) is 4.79 Å². The zero-order valence-corrected chi connectivity index (χ0v) is 12.9. The van der Waals surface area contributed by atoms with E-state index in [2.05, 4.69) is 16.8 Å². The van der Waals surface area contributed by atoms with E-state index in [9.17, 15) is 4.79 Å². The SMILES string of the molecule is O=C([C@H]1COc2ccccc2O1)N1CCC[C@@H]1c1ccsc1. The van der Waals surface area contributed by atoms with E-state index < -0.39 is 6.10 Å². The van der Waals surface area contributed by atoms with Crippen molar-refractivity contribution in [3.8, 4) is 11.5 Å². The number of ether oxygens (including phenoxy) is 2. The molecule has 22 heavy (non-hydrogen) atoms. The van der Waals surface area contributed by atoms with Crippen LogP contribution in [0.2, 0.25) is 0 Å². The predicted octanol–water partition coefficient (Wildman–Crippen LogP) is 3.25. The minimum absolute atomic E-state index is 0.0307. The first-order valence-corrected chi connectivity index (χ1v) is 8.48. The standard InChI is InChI=1S/C17H17NO3S/c19-17(16-10-20-14-5-1-2-6-15(14)21-16)18-8-3-4-13(18)12-7-9-22-11-12/h1-2,5-7,9,11,13,16H,3-4,8,10H2/t13-,16-/m1/s1. The van der Waals surface area contributed by atoms with Gasteiger partial charge in [0.25, 0.3) is 5.91 Å². The van der Waals surface area contributed by atoms with Gasteiger partial charge >= 0.3 is 0 Å². The Hall–Kier alpha value is -2.01. The topological polar surface area (TPSA) is 38.8 Å². The van der Waals surface area contributed by atoms with Crippen molar-refractivity contribution in [3.63, 3.8) is 0 Å². The fourth-order valence-electron chi connectivity index (χ4n) is 3.17. The van der Waals surface area contributed by atoms with Crippen LogP contribution in [0.4, 0.5) is 0 Å². The molecule has 0 bridgehead atoms. The van der Waals surface area contributed by atoms with Gasteiger partial charge in [0.2, 0.25) is 6.10 Å². The fourth-order valence-corrected chi connectivity index (χ4v) is 3.87. The Morgan fingerprint density at radius 3 is 2.91 bits per heavy atom. The summed E-state index contributed by atoms with van der Waals surface area (Å²) in [5, 5.41) is 4.19. The van der Waals surface area contributed by atoms with Crippen molar-refractivity contribution < 1.29 is 14.3 Å². The number of fused-ring (bicyclic) bond motifs is 1. The van der Waals surface area contributed by atoms with Gasteiger partial charge < -0.3 is 14.4 Å². The number of benzene rings is 1. The molecule has 0 spiro atoms. The van der Waals surface area contributed by atoms with E-state index in [1.54, 1.807) is 11.3 Å². The maximum absolute atomic E-state index is 12.8. The summed E-state index contributed by atoms with van der Waals surface area (Å²) in [6.07, 6.45) is 1.51. The lowest BCUT2D eigenvalue weighted by Gasteiger charge is -2.31. The molecule has 1 aromatic carbocycles. The number of carbonyl (C=O) groups excluding carboxylic acids is 1. The molecule has 3 heterocycles. The molecule has 114 valence electrons. The van der Waals surface area contributed by atoms with Crippen LogP contribution in [0.3, 0.4) is 0 Å². The Morgan fingerprint density at radius 1 is 1.23 bits per heavy atom. The van der Waals surface area contributed by atoms with Gasteiger partial charge in [0.05, 0.1) is 6.04 Å².